The van der Waals surface area contributed by atoms with Gasteiger partial charge in [-0.3, -0.25) is 0 Å². The van der Waals surface area contributed by atoms with Crippen LogP contribution in [-0.2, 0) is 10.8 Å². The van der Waals surface area contributed by atoms with Crippen molar-refractivity contribution in [2.24, 2.45) is 0 Å². The molecule has 10 aromatic carbocycles. The Bertz CT molecular complexity index is 3690. The lowest BCUT2D eigenvalue weighted by molar-refractivity contribution is 0.768. The first-order valence-electron chi connectivity index (χ1n) is 23.6. The molecule has 0 saturated carbocycles. The van der Waals surface area contributed by atoms with Crippen molar-refractivity contribution in [2.45, 2.75) is 10.8 Å². The second-order valence-electron chi connectivity index (χ2n) is 18.2. The topological polar surface area (TPSA) is 3.24 Å². The molecule has 1 unspecified atom stereocenters. The van der Waals surface area contributed by atoms with E-state index in [0.717, 1.165) is 17.1 Å². The number of rotatable bonds is 7. The molecule has 14 rings (SSSR count). The fraction of sp³-hybridized carbons (Fsp3) is 0.0303. The number of benzene rings is 10. The smallest absolute Gasteiger partial charge is 0.0740 e. The number of para-hydroxylation sites is 1. The Labute approximate surface area is 401 Å². The average Bonchev–Trinajstić information content (AvgIpc) is 4.14. The van der Waals surface area contributed by atoms with Crippen molar-refractivity contribution < 1.29 is 0 Å². The zero-order chi connectivity index (χ0) is 44.8. The van der Waals surface area contributed by atoms with Gasteiger partial charge in [0.15, 0.2) is 0 Å². The summed E-state index contributed by atoms with van der Waals surface area (Å²) in [6.45, 7) is 0. The Morgan fingerprint density at radius 2 is 0.750 bits per heavy atom. The van der Waals surface area contributed by atoms with Gasteiger partial charge in [0.2, 0.25) is 0 Å². The lowest BCUT2D eigenvalue weighted by Crippen LogP contribution is -2.28. The molecule has 1 atom stereocenters. The summed E-state index contributed by atoms with van der Waals surface area (Å²) in [6, 6.07) is 97.2. The molecule has 3 aliphatic carbocycles. The molecule has 318 valence electrons. The van der Waals surface area contributed by atoms with Crippen LogP contribution in [0.5, 0.6) is 0 Å². The summed E-state index contributed by atoms with van der Waals surface area (Å²) in [5.74, 6) is 0. The van der Waals surface area contributed by atoms with Crippen molar-refractivity contribution in [3.8, 4) is 54.3 Å². The van der Waals surface area contributed by atoms with Gasteiger partial charge in [-0.05, 0) is 108 Å². The van der Waals surface area contributed by atoms with E-state index in [1.54, 1.807) is 0 Å². The molecule has 0 fully saturated rings. The van der Waals surface area contributed by atoms with Crippen molar-refractivity contribution in [1.29, 1.82) is 0 Å². The molecular formula is C66H43NS. The van der Waals surface area contributed by atoms with Crippen LogP contribution in [0.3, 0.4) is 0 Å². The number of hydrogen-bond acceptors (Lipinski definition) is 2. The fourth-order valence-corrected chi connectivity index (χ4v) is 13.8. The first-order chi connectivity index (χ1) is 33.8. The minimum absolute atomic E-state index is 0.532. The summed E-state index contributed by atoms with van der Waals surface area (Å²) < 4.78 is 0. The number of nitrogens with zero attached hydrogens (tertiary/aromatic N) is 1. The molecule has 0 saturated heterocycles. The number of anilines is 3. The molecule has 0 bridgehead atoms. The first kappa shape index (κ1) is 38.9. The maximum Gasteiger partial charge on any atom is 0.0740 e. The molecule has 1 aromatic heterocycles. The highest BCUT2D eigenvalue weighted by Crippen LogP contribution is 2.69. The third-order valence-electron chi connectivity index (χ3n) is 15.0. The summed E-state index contributed by atoms with van der Waals surface area (Å²) >= 11 is 1.94. The molecule has 2 heteroatoms. The van der Waals surface area contributed by atoms with E-state index in [2.05, 4.69) is 266 Å². The van der Waals surface area contributed by atoms with Gasteiger partial charge in [-0.1, -0.05) is 231 Å². The van der Waals surface area contributed by atoms with Gasteiger partial charge in [0.1, 0.15) is 0 Å². The van der Waals surface area contributed by atoms with Crippen LogP contribution < -0.4 is 4.90 Å². The van der Waals surface area contributed by atoms with Crippen LogP contribution in [-0.4, -0.2) is 0 Å². The van der Waals surface area contributed by atoms with Gasteiger partial charge in [-0.25, -0.2) is 0 Å². The van der Waals surface area contributed by atoms with Crippen LogP contribution in [0, 0.1) is 0 Å². The molecule has 0 amide bonds. The Morgan fingerprint density at radius 3 is 1.35 bits per heavy atom. The van der Waals surface area contributed by atoms with Gasteiger partial charge in [-0.15, -0.1) is 11.3 Å². The van der Waals surface area contributed by atoms with E-state index in [9.17, 15) is 0 Å². The SMILES string of the molecule is c1ccc(-c2sc(-c3ccccc3)c3c2-c2ccccc2C32c3ccccc3-c3c(N(c4ccccc4)c4ccc5c(c4)C(c4ccccc4)(c4ccccc4)c4ccccc4-5)cccc32)cc1. The molecular weight excluding hydrogens is 839 g/mol. The lowest BCUT2D eigenvalue weighted by atomic mass is 9.67. The highest BCUT2D eigenvalue weighted by atomic mass is 32.1. The summed E-state index contributed by atoms with van der Waals surface area (Å²) in [6.07, 6.45) is 0. The molecule has 3 aliphatic rings. The molecule has 11 aromatic rings. The van der Waals surface area contributed by atoms with Gasteiger partial charge in [0.05, 0.1) is 16.5 Å². The predicted octanol–water partition coefficient (Wildman–Crippen LogP) is 17.3. The van der Waals surface area contributed by atoms with Gasteiger partial charge in [-0.2, -0.15) is 0 Å². The van der Waals surface area contributed by atoms with Crippen LogP contribution in [0.25, 0.3) is 54.3 Å². The summed E-state index contributed by atoms with van der Waals surface area (Å²) in [4.78, 5) is 5.16. The summed E-state index contributed by atoms with van der Waals surface area (Å²) in [5.41, 5.74) is 23.0. The molecule has 1 heterocycles. The second-order valence-corrected chi connectivity index (χ2v) is 19.2. The molecule has 68 heavy (non-hydrogen) atoms. The van der Waals surface area contributed by atoms with E-state index in [0.29, 0.717) is 0 Å². The third kappa shape index (κ3) is 5.27. The second kappa shape index (κ2) is 15.1. The van der Waals surface area contributed by atoms with E-state index in [1.165, 1.54) is 98.8 Å². The number of hydrogen-bond donors (Lipinski definition) is 0. The monoisotopic (exact) mass is 881 g/mol. The van der Waals surface area contributed by atoms with E-state index < -0.39 is 10.8 Å². The maximum absolute atomic E-state index is 2.53. The summed E-state index contributed by atoms with van der Waals surface area (Å²) in [7, 11) is 0. The predicted molar refractivity (Wildman–Crippen MR) is 283 cm³/mol. The molecule has 0 N–H and O–H groups in total. The zero-order valence-corrected chi connectivity index (χ0v) is 38.0. The van der Waals surface area contributed by atoms with Crippen LogP contribution >= 0.6 is 11.3 Å². The normalized spacial score (nSPS) is 15.2. The van der Waals surface area contributed by atoms with Crippen molar-refractivity contribution in [1.82, 2.24) is 0 Å². The number of thiophene rings is 1. The van der Waals surface area contributed by atoms with Crippen molar-refractivity contribution in [2.75, 3.05) is 4.90 Å². The van der Waals surface area contributed by atoms with E-state index >= 15 is 0 Å². The van der Waals surface area contributed by atoms with E-state index in [4.69, 9.17) is 0 Å². The average molecular weight is 882 g/mol. The van der Waals surface area contributed by atoms with Gasteiger partial charge < -0.3 is 4.90 Å². The van der Waals surface area contributed by atoms with Crippen molar-refractivity contribution >= 4 is 28.4 Å². The van der Waals surface area contributed by atoms with Crippen LogP contribution in [0.4, 0.5) is 17.1 Å². The maximum atomic E-state index is 2.53. The lowest BCUT2D eigenvalue weighted by Gasteiger charge is -2.35. The quantitative estimate of drug-likeness (QED) is 0.154. The van der Waals surface area contributed by atoms with Gasteiger partial charge in [0.25, 0.3) is 0 Å². The van der Waals surface area contributed by atoms with Crippen LogP contribution in [0.2, 0.25) is 0 Å². The molecule has 0 radical (unpaired) electrons. The Morgan fingerprint density at radius 1 is 0.294 bits per heavy atom. The van der Waals surface area contributed by atoms with Crippen LogP contribution in [0.1, 0.15) is 44.5 Å². The molecule has 1 spiro atoms. The minimum Gasteiger partial charge on any atom is -0.310 e. The van der Waals surface area contributed by atoms with Gasteiger partial charge in [0, 0.05) is 32.3 Å². The van der Waals surface area contributed by atoms with Crippen molar-refractivity contribution in [3.05, 3.63) is 305 Å². The molecule has 1 nitrogen and oxygen atoms in total. The Balaban J connectivity index is 1.07. The fourth-order valence-electron chi connectivity index (χ4n) is 12.4. The van der Waals surface area contributed by atoms with E-state index in [1.807, 2.05) is 11.3 Å². The van der Waals surface area contributed by atoms with Gasteiger partial charge >= 0.3 is 0 Å². The zero-order valence-electron chi connectivity index (χ0n) is 37.2. The highest BCUT2D eigenvalue weighted by molar-refractivity contribution is 7.19. The minimum atomic E-state index is -0.569. The van der Waals surface area contributed by atoms with Crippen LogP contribution in [0.15, 0.2) is 261 Å². The molecule has 0 aliphatic heterocycles. The largest absolute Gasteiger partial charge is 0.310 e. The Kier molecular flexibility index (Phi) is 8.65. The highest BCUT2D eigenvalue weighted by Gasteiger charge is 2.55. The number of fused-ring (bicyclic) bond motifs is 13. The van der Waals surface area contributed by atoms with E-state index in [-0.39, 0.29) is 0 Å². The first-order valence-corrected chi connectivity index (χ1v) is 24.4. The third-order valence-corrected chi connectivity index (χ3v) is 16.2. The van der Waals surface area contributed by atoms with Crippen molar-refractivity contribution in [3.63, 3.8) is 0 Å². The Hall–Kier alpha value is -8.30. The standard InChI is InChI=1S/C66H43NS/c1-6-23-44(24-7-1)63-61-53-35-18-21-38-56(53)66(62(61)64(68-63)45-25-8-2-9-26-45)55-37-20-17-34-52(55)60-57(66)39-22-40-59(60)67(48-31-14-5-15-32-48)49-41-42-51-50-33-16-19-36-54(50)65(58(51)43-49,46-27-10-3-11-28-46)47-29-12-4-13-30-47/h1-43H. The summed E-state index contributed by atoms with van der Waals surface area (Å²) in [5, 5.41) is 0.